The van der Waals surface area contributed by atoms with Crippen molar-refractivity contribution >= 4 is 11.9 Å². The summed E-state index contributed by atoms with van der Waals surface area (Å²) in [6.45, 7) is 2.05. The van der Waals surface area contributed by atoms with Gasteiger partial charge in [-0.05, 0) is 25.0 Å². The van der Waals surface area contributed by atoms with Crippen LogP contribution in [-0.2, 0) is 11.3 Å². The summed E-state index contributed by atoms with van der Waals surface area (Å²) in [7, 11) is 0. The molecule has 8 heteroatoms. The quantitative estimate of drug-likeness (QED) is 0.795. The maximum Gasteiger partial charge on any atom is 0.341 e. The van der Waals surface area contributed by atoms with Crippen molar-refractivity contribution in [2.45, 2.75) is 26.3 Å². The maximum absolute atomic E-state index is 12.2. The molecule has 8 nitrogen and oxygen atoms in total. The van der Waals surface area contributed by atoms with Gasteiger partial charge in [0.1, 0.15) is 5.56 Å². The molecule has 3 N–H and O–H groups in total. The van der Waals surface area contributed by atoms with Gasteiger partial charge in [-0.1, -0.05) is 0 Å². The lowest BCUT2D eigenvalue weighted by molar-refractivity contribution is -0.118. The van der Waals surface area contributed by atoms with Gasteiger partial charge in [0.05, 0.1) is 11.9 Å². The number of carboxylic acid groups (broad SMARTS) is 1. The number of nitrogens with two attached hydrogens (primary N) is 1. The third-order valence-corrected chi connectivity index (χ3v) is 3.22. The first-order valence-corrected chi connectivity index (χ1v) is 6.67. The normalized spacial score (nSPS) is 10.6. The number of pyridine rings is 1. The predicted octanol–water partition coefficient (Wildman–Crippen LogP) is 0.306. The number of aromatic nitrogens is 3. The first kappa shape index (κ1) is 15.5. The number of hydrogen-bond donors (Lipinski definition) is 2. The van der Waals surface area contributed by atoms with Gasteiger partial charge in [0, 0.05) is 25.4 Å². The zero-order valence-electron chi connectivity index (χ0n) is 12.0. The number of carbonyl (C=O) groups excluding carboxylic acids is 1. The lowest BCUT2D eigenvalue weighted by Crippen LogP contribution is -2.25. The molecule has 0 bridgehead atoms. The molecule has 0 radical (unpaired) electrons. The fourth-order valence-electron chi connectivity index (χ4n) is 2.10. The third kappa shape index (κ3) is 3.22. The zero-order valence-corrected chi connectivity index (χ0v) is 12.0. The number of aryl methyl sites for hydroxylation is 2. The van der Waals surface area contributed by atoms with Crippen LogP contribution in [0.15, 0.2) is 29.5 Å². The average molecular weight is 304 g/mol. The van der Waals surface area contributed by atoms with E-state index in [1.54, 1.807) is 23.9 Å². The highest BCUT2D eigenvalue weighted by atomic mass is 16.4. The van der Waals surface area contributed by atoms with Crippen molar-refractivity contribution in [2.24, 2.45) is 5.73 Å². The second-order valence-electron chi connectivity index (χ2n) is 4.89. The molecule has 2 heterocycles. The van der Waals surface area contributed by atoms with Crippen molar-refractivity contribution in [3.8, 4) is 5.69 Å². The summed E-state index contributed by atoms with van der Waals surface area (Å²) in [6, 6.07) is 1.56. The van der Waals surface area contributed by atoms with Gasteiger partial charge < -0.3 is 10.8 Å². The summed E-state index contributed by atoms with van der Waals surface area (Å²) in [5.41, 5.74) is 5.06. The Morgan fingerprint density at radius 3 is 2.77 bits per heavy atom. The summed E-state index contributed by atoms with van der Waals surface area (Å²) in [5.74, 6) is -1.64. The summed E-state index contributed by atoms with van der Waals surface area (Å²) < 4.78 is 2.80. The number of primary amides is 1. The number of amides is 1. The monoisotopic (exact) mass is 304 g/mol. The fourth-order valence-corrected chi connectivity index (χ4v) is 2.10. The molecule has 2 rings (SSSR count). The first-order chi connectivity index (χ1) is 10.4. The van der Waals surface area contributed by atoms with Gasteiger partial charge in [-0.15, -0.1) is 0 Å². The van der Waals surface area contributed by atoms with E-state index in [-0.39, 0.29) is 17.9 Å². The Bertz CT molecular complexity index is 775. The van der Waals surface area contributed by atoms with E-state index < -0.39 is 11.5 Å². The van der Waals surface area contributed by atoms with Crippen LogP contribution in [-0.4, -0.2) is 31.3 Å². The molecular weight excluding hydrogens is 288 g/mol. The first-order valence-electron chi connectivity index (χ1n) is 6.67. The number of rotatable bonds is 6. The summed E-state index contributed by atoms with van der Waals surface area (Å²) >= 11 is 0. The van der Waals surface area contributed by atoms with Crippen molar-refractivity contribution in [1.29, 1.82) is 0 Å². The van der Waals surface area contributed by atoms with Gasteiger partial charge in [0.15, 0.2) is 0 Å². The molecule has 22 heavy (non-hydrogen) atoms. The minimum absolute atomic E-state index is 0.253. The highest BCUT2D eigenvalue weighted by molar-refractivity contribution is 5.88. The van der Waals surface area contributed by atoms with Crippen molar-refractivity contribution < 1.29 is 14.7 Å². The molecule has 0 atom stereocenters. The van der Waals surface area contributed by atoms with E-state index in [0.29, 0.717) is 24.2 Å². The van der Waals surface area contributed by atoms with Crippen molar-refractivity contribution in [1.82, 2.24) is 14.3 Å². The Labute approximate surface area is 125 Å². The number of nitrogens with zero attached hydrogens (tertiary/aromatic N) is 3. The summed E-state index contributed by atoms with van der Waals surface area (Å²) in [6.07, 6.45) is 5.38. The Hall–Kier alpha value is -2.90. The van der Waals surface area contributed by atoms with Crippen LogP contribution in [0.3, 0.4) is 0 Å². The lowest BCUT2D eigenvalue weighted by Gasteiger charge is -2.06. The smallest absolute Gasteiger partial charge is 0.341 e. The highest BCUT2D eigenvalue weighted by Crippen LogP contribution is 2.08. The Kier molecular flexibility index (Phi) is 4.40. The SMILES string of the molecule is Cc1ccn(-c2cnn(CCCC(N)=O)c2)c(=O)c1C(=O)O. The molecule has 2 aromatic rings. The van der Waals surface area contributed by atoms with Crippen LogP contribution in [0.1, 0.15) is 28.8 Å². The summed E-state index contributed by atoms with van der Waals surface area (Å²) in [4.78, 5) is 34.1. The molecule has 0 aliphatic rings. The Morgan fingerprint density at radius 1 is 1.41 bits per heavy atom. The zero-order chi connectivity index (χ0) is 16.3. The number of hydrogen-bond acceptors (Lipinski definition) is 4. The summed E-state index contributed by atoms with van der Waals surface area (Å²) in [5, 5.41) is 13.2. The molecule has 0 aliphatic heterocycles. The van der Waals surface area contributed by atoms with Gasteiger partial charge in [0.2, 0.25) is 5.91 Å². The van der Waals surface area contributed by atoms with Crippen LogP contribution in [0, 0.1) is 6.92 Å². The molecule has 0 aliphatic carbocycles. The molecule has 0 fully saturated rings. The van der Waals surface area contributed by atoms with E-state index in [0.717, 1.165) is 0 Å². The van der Waals surface area contributed by atoms with E-state index in [1.165, 1.54) is 17.0 Å². The molecule has 0 aromatic carbocycles. The van der Waals surface area contributed by atoms with E-state index >= 15 is 0 Å². The molecular formula is C14H16N4O4. The lowest BCUT2D eigenvalue weighted by atomic mass is 10.1. The van der Waals surface area contributed by atoms with Crippen LogP contribution in [0.4, 0.5) is 0 Å². The van der Waals surface area contributed by atoms with Gasteiger partial charge >= 0.3 is 5.97 Å². The van der Waals surface area contributed by atoms with Crippen molar-refractivity contribution in [3.63, 3.8) is 0 Å². The number of carbonyl (C=O) groups is 2. The van der Waals surface area contributed by atoms with Crippen LogP contribution < -0.4 is 11.3 Å². The van der Waals surface area contributed by atoms with Crippen LogP contribution in [0.25, 0.3) is 5.69 Å². The van der Waals surface area contributed by atoms with Crippen LogP contribution >= 0.6 is 0 Å². The number of aromatic carboxylic acids is 1. The topological polar surface area (TPSA) is 120 Å². The van der Waals surface area contributed by atoms with Crippen LogP contribution in [0.2, 0.25) is 0 Å². The molecule has 1 amide bonds. The van der Waals surface area contributed by atoms with E-state index in [9.17, 15) is 14.4 Å². The van der Waals surface area contributed by atoms with Crippen molar-refractivity contribution in [3.05, 3.63) is 46.1 Å². The maximum atomic E-state index is 12.2. The minimum atomic E-state index is -1.26. The second-order valence-corrected chi connectivity index (χ2v) is 4.89. The molecule has 0 saturated heterocycles. The second kappa shape index (κ2) is 6.25. The van der Waals surface area contributed by atoms with Gasteiger partial charge in [-0.3, -0.25) is 18.8 Å². The Balaban J connectivity index is 2.28. The molecule has 0 unspecified atom stereocenters. The minimum Gasteiger partial charge on any atom is -0.477 e. The van der Waals surface area contributed by atoms with E-state index in [2.05, 4.69) is 5.10 Å². The molecule has 0 saturated carbocycles. The van der Waals surface area contributed by atoms with Gasteiger partial charge in [0.25, 0.3) is 5.56 Å². The van der Waals surface area contributed by atoms with Crippen LogP contribution in [0.5, 0.6) is 0 Å². The molecule has 116 valence electrons. The van der Waals surface area contributed by atoms with E-state index in [4.69, 9.17) is 10.8 Å². The Morgan fingerprint density at radius 2 is 2.14 bits per heavy atom. The largest absolute Gasteiger partial charge is 0.477 e. The van der Waals surface area contributed by atoms with Gasteiger partial charge in [-0.25, -0.2) is 4.79 Å². The average Bonchev–Trinajstić information content (AvgIpc) is 2.86. The molecule has 0 spiro atoms. The number of carboxylic acids is 1. The predicted molar refractivity (Wildman–Crippen MR) is 77.9 cm³/mol. The third-order valence-electron chi connectivity index (χ3n) is 3.22. The van der Waals surface area contributed by atoms with Gasteiger partial charge in [-0.2, -0.15) is 5.10 Å². The highest BCUT2D eigenvalue weighted by Gasteiger charge is 2.15. The fraction of sp³-hybridized carbons (Fsp3) is 0.286. The van der Waals surface area contributed by atoms with E-state index in [1.807, 2.05) is 0 Å². The standard InChI is InChI=1S/C14H16N4O4/c1-9-4-6-18(13(20)12(9)14(21)22)10-7-16-17(8-10)5-2-3-11(15)19/h4,6-8H,2-3,5H2,1H3,(H2,15,19)(H,21,22). The van der Waals surface area contributed by atoms with Crippen molar-refractivity contribution in [2.75, 3.05) is 0 Å². The molecule has 2 aromatic heterocycles.